The molecule has 0 N–H and O–H groups in total. The smallest absolute Gasteiger partial charge is 0.0547 e. The van der Waals surface area contributed by atoms with E-state index >= 15 is 0 Å². The van der Waals surface area contributed by atoms with Gasteiger partial charge in [0.2, 0.25) is 0 Å². The van der Waals surface area contributed by atoms with E-state index in [0.29, 0.717) is 0 Å². The summed E-state index contributed by atoms with van der Waals surface area (Å²) in [5, 5.41) is 10.1. The second kappa shape index (κ2) is 14.1. The SMILES string of the molecule is C=C(/C=C\C=C/C)n1c2ccccc2c2ccc(-c3ccc(-c4ccc5c(c4)c4ccccc4n5-c4ccc(-c5cc6ccccc6c6ccccc56)cc4)cc3)cc21. The van der Waals surface area contributed by atoms with E-state index in [-0.39, 0.29) is 0 Å². The minimum Gasteiger partial charge on any atom is -0.310 e. The molecular weight excluding hydrogens is 713 g/mol. The Balaban J connectivity index is 0.949. The summed E-state index contributed by atoms with van der Waals surface area (Å²) in [6.07, 6.45) is 8.19. The molecule has 0 bridgehead atoms. The largest absolute Gasteiger partial charge is 0.310 e. The Morgan fingerprint density at radius 1 is 0.407 bits per heavy atom. The van der Waals surface area contributed by atoms with Crippen molar-refractivity contribution in [3.05, 3.63) is 219 Å². The maximum atomic E-state index is 4.45. The fourth-order valence-electron chi connectivity index (χ4n) is 9.18. The molecule has 0 atom stereocenters. The fourth-order valence-corrected chi connectivity index (χ4v) is 9.18. The maximum absolute atomic E-state index is 4.45. The van der Waals surface area contributed by atoms with Gasteiger partial charge in [-0.15, -0.1) is 0 Å². The highest BCUT2D eigenvalue weighted by atomic mass is 15.0. The summed E-state index contributed by atoms with van der Waals surface area (Å²) in [4.78, 5) is 0. The Labute approximate surface area is 343 Å². The van der Waals surface area contributed by atoms with E-state index in [1.807, 2.05) is 25.2 Å². The Hall–Kier alpha value is -7.68. The number of rotatable bonds is 7. The zero-order valence-corrected chi connectivity index (χ0v) is 32.8. The summed E-state index contributed by atoms with van der Waals surface area (Å²) in [5.74, 6) is 0. The second-order valence-electron chi connectivity index (χ2n) is 15.4. The predicted molar refractivity (Wildman–Crippen MR) is 254 cm³/mol. The lowest BCUT2D eigenvalue weighted by Crippen LogP contribution is -1.94. The summed E-state index contributed by atoms with van der Waals surface area (Å²) < 4.78 is 4.68. The van der Waals surface area contributed by atoms with Crippen LogP contribution in [-0.2, 0) is 0 Å². The Kier molecular flexibility index (Phi) is 8.23. The number of hydrogen-bond donors (Lipinski definition) is 0. The summed E-state index contributed by atoms with van der Waals surface area (Å²) in [6.45, 7) is 6.47. The van der Waals surface area contributed by atoms with Gasteiger partial charge in [-0.2, -0.15) is 0 Å². The van der Waals surface area contributed by atoms with Crippen LogP contribution in [0.25, 0.3) is 110 Å². The molecule has 11 aromatic rings. The van der Waals surface area contributed by atoms with Gasteiger partial charge in [0.25, 0.3) is 0 Å². The van der Waals surface area contributed by atoms with Crippen molar-refractivity contribution in [3.63, 3.8) is 0 Å². The summed E-state index contributed by atoms with van der Waals surface area (Å²) in [6, 6.07) is 68.9. The van der Waals surface area contributed by atoms with Crippen LogP contribution in [0.5, 0.6) is 0 Å². The van der Waals surface area contributed by atoms with Crippen LogP contribution in [0.1, 0.15) is 6.92 Å². The van der Waals surface area contributed by atoms with Crippen molar-refractivity contribution in [2.75, 3.05) is 0 Å². The average molecular weight is 753 g/mol. The summed E-state index contributed by atoms with van der Waals surface area (Å²) >= 11 is 0. The number of nitrogens with zero attached hydrogens (tertiary/aromatic N) is 2. The molecule has 0 aliphatic rings. The van der Waals surface area contributed by atoms with Crippen molar-refractivity contribution < 1.29 is 0 Å². The Bertz CT molecular complexity index is 3500. The number of fused-ring (bicyclic) bond motifs is 9. The van der Waals surface area contributed by atoms with Crippen molar-refractivity contribution >= 4 is 70.9 Å². The lowest BCUT2D eigenvalue weighted by atomic mass is 9.93. The molecule has 0 saturated heterocycles. The first-order valence-electron chi connectivity index (χ1n) is 20.3. The van der Waals surface area contributed by atoms with Crippen molar-refractivity contribution in [3.8, 4) is 39.1 Å². The van der Waals surface area contributed by atoms with Crippen LogP contribution in [0.15, 0.2) is 219 Å². The van der Waals surface area contributed by atoms with E-state index in [4.69, 9.17) is 0 Å². The molecule has 0 unspecified atom stereocenters. The lowest BCUT2D eigenvalue weighted by molar-refractivity contribution is 1.18. The molecule has 0 radical (unpaired) electrons. The van der Waals surface area contributed by atoms with Crippen LogP contribution in [0.2, 0.25) is 0 Å². The van der Waals surface area contributed by atoms with Gasteiger partial charge in [0, 0.05) is 32.9 Å². The van der Waals surface area contributed by atoms with Gasteiger partial charge in [-0.1, -0.05) is 164 Å². The van der Waals surface area contributed by atoms with E-state index in [1.165, 1.54) is 87.5 Å². The molecule has 2 aromatic heterocycles. The van der Waals surface area contributed by atoms with Crippen LogP contribution in [0, 0.1) is 0 Å². The van der Waals surface area contributed by atoms with Gasteiger partial charge in [-0.25, -0.2) is 0 Å². The van der Waals surface area contributed by atoms with Crippen LogP contribution in [0.4, 0.5) is 0 Å². The third kappa shape index (κ3) is 5.72. The minimum absolute atomic E-state index is 0.935. The van der Waals surface area contributed by atoms with Gasteiger partial charge in [-0.05, 0) is 116 Å². The van der Waals surface area contributed by atoms with Gasteiger partial charge in [0.15, 0.2) is 0 Å². The molecule has 0 fully saturated rings. The van der Waals surface area contributed by atoms with Crippen molar-refractivity contribution in [2.45, 2.75) is 6.92 Å². The molecular formula is C57H40N2. The highest BCUT2D eigenvalue weighted by molar-refractivity contribution is 6.14. The van der Waals surface area contributed by atoms with E-state index < -0.39 is 0 Å². The third-order valence-electron chi connectivity index (χ3n) is 12.0. The Morgan fingerprint density at radius 2 is 0.949 bits per heavy atom. The standard InChI is InChI=1S/C57H40N2/c1-3-4-5-14-38(2)58-54-21-12-10-19-49(54)51-33-29-43(37-57(51)58)40-25-23-39(24-26-40)42-30-34-56-53(35-42)50-20-11-13-22-55(50)59(56)45-31-27-41(28-32-45)52-36-44-15-6-7-16-46(44)47-17-8-9-18-48(47)52/h3-37H,2H2,1H3/b4-3-,14-5-. The molecule has 2 nitrogen and oxygen atoms in total. The molecule has 11 rings (SSSR count). The van der Waals surface area contributed by atoms with Crippen molar-refractivity contribution in [1.82, 2.24) is 9.13 Å². The number of hydrogen-bond acceptors (Lipinski definition) is 0. The summed E-state index contributed by atoms with van der Waals surface area (Å²) in [5.41, 5.74) is 14.0. The zero-order chi connectivity index (χ0) is 39.5. The van der Waals surface area contributed by atoms with E-state index in [0.717, 1.165) is 22.4 Å². The van der Waals surface area contributed by atoms with Crippen molar-refractivity contribution in [2.24, 2.45) is 0 Å². The van der Waals surface area contributed by atoms with E-state index in [9.17, 15) is 0 Å². The molecule has 278 valence electrons. The van der Waals surface area contributed by atoms with Crippen molar-refractivity contribution in [1.29, 1.82) is 0 Å². The van der Waals surface area contributed by atoms with Crippen LogP contribution in [0.3, 0.4) is 0 Å². The van der Waals surface area contributed by atoms with Crippen LogP contribution in [-0.4, -0.2) is 9.13 Å². The second-order valence-corrected chi connectivity index (χ2v) is 15.4. The molecule has 0 amide bonds. The number of aromatic nitrogens is 2. The van der Waals surface area contributed by atoms with Crippen LogP contribution >= 0.6 is 0 Å². The van der Waals surface area contributed by atoms with E-state index in [2.05, 4.69) is 210 Å². The van der Waals surface area contributed by atoms with Gasteiger partial charge in [-0.3, -0.25) is 0 Å². The topological polar surface area (TPSA) is 9.86 Å². The maximum Gasteiger partial charge on any atom is 0.0547 e. The molecule has 0 aliphatic carbocycles. The molecule has 0 saturated carbocycles. The number of allylic oxidation sites excluding steroid dienone is 5. The van der Waals surface area contributed by atoms with Gasteiger partial charge < -0.3 is 9.13 Å². The minimum atomic E-state index is 0.935. The predicted octanol–water partition coefficient (Wildman–Crippen LogP) is 15.8. The Morgan fingerprint density at radius 3 is 1.69 bits per heavy atom. The van der Waals surface area contributed by atoms with Gasteiger partial charge >= 0.3 is 0 Å². The molecule has 0 spiro atoms. The lowest BCUT2D eigenvalue weighted by Gasteiger charge is -2.13. The van der Waals surface area contributed by atoms with Crippen LogP contribution < -0.4 is 0 Å². The first-order valence-corrected chi connectivity index (χ1v) is 20.3. The molecule has 59 heavy (non-hydrogen) atoms. The molecule has 2 heteroatoms. The first kappa shape index (κ1) is 34.6. The van der Waals surface area contributed by atoms with Gasteiger partial charge in [0.1, 0.15) is 0 Å². The highest BCUT2D eigenvalue weighted by Gasteiger charge is 2.16. The molecule has 9 aromatic carbocycles. The summed E-state index contributed by atoms with van der Waals surface area (Å²) in [7, 11) is 0. The molecule has 2 heterocycles. The third-order valence-corrected chi connectivity index (χ3v) is 12.0. The number of para-hydroxylation sites is 2. The zero-order valence-electron chi connectivity index (χ0n) is 32.8. The quantitative estimate of drug-likeness (QED) is 0.113. The monoisotopic (exact) mass is 752 g/mol. The first-order chi connectivity index (χ1) is 29.1. The molecule has 0 aliphatic heterocycles. The fraction of sp³-hybridized carbons (Fsp3) is 0.0175. The van der Waals surface area contributed by atoms with Gasteiger partial charge in [0.05, 0.1) is 22.1 Å². The normalized spacial score (nSPS) is 12.1. The van der Waals surface area contributed by atoms with E-state index in [1.54, 1.807) is 0 Å². The highest BCUT2D eigenvalue weighted by Crippen LogP contribution is 2.39. The number of benzene rings is 9. The average Bonchev–Trinajstić information content (AvgIpc) is 3.81.